The van der Waals surface area contributed by atoms with E-state index in [1.165, 1.54) is 6.42 Å². The van der Waals surface area contributed by atoms with Crippen molar-refractivity contribution < 1.29 is 9.21 Å². The SMILES string of the molecule is Cc1c(C(=O)N2CCCCC2)oc2c1/C(=N\Nc1ccccc1)CC(C)(C)C2. The summed E-state index contributed by atoms with van der Waals surface area (Å²) in [5.41, 5.74) is 7.07. The van der Waals surface area contributed by atoms with Gasteiger partial charge < -0.3 is 9.32 Å². The van der Waals surface area contributed by atoms with Gasteiger partial charge in [0.05, 0.1) is 11.4 Å². The van der Waals surface area contributed by atoms with E-state index in [9.17, 15) is 4.79 Å². The number of benzene rings is 1. The molecule has 0 spiro atoms. The third kappa shape index (κ3) is 3.71. The number of hydrogen-bond donors (Lipinski definition) is 1. The number of para-hydroxylation sites is 1. The van der Waals surface area contributed by atoms with Crippen LogP contribution in [0.4, 0.5) is 5.69 Å². The van der Waals surface area contributed by atoms with Crippen molar-refractivity contribution in [1.82, 2.24) is 4.90 Å². The van der Waals surface area contributed by atoms with Gasteiger partial charge in [0, 0.05) is 30.6 Å². The fraction of sp³-hybridized carbons (Fsp3) is 0.478. The number of rotatable bonds is 3. The first-order valence-corrected chi connectivity index (χ1v) is 10.2. The summed E-state index contributed by atoms with van der Waals surface area (Å²) in [5, 5.41) is 4.72. The maximum atomic E-state index is 13.1. The number of nitrogens with zero attached hydrogens (tertiary/aromatic N) is 2. The highest BCUT2D eigenvalue weighted by Gasteiger charge is 2.37. The van der Waals surface area contributed by atoms with E-state index in [1.807, 2.05) is 42.2 Å². The average Bonchev–Trinajstić information content (AvgIpc) is 3.02. The maximum Gasteiger partial charge on any atom is 0.289 e. The molecular weight excluding hydrogens is 350 g/mol. The quantitative estimate of drug-likeness (QED) is 0.763. The first-order chi connectivity index (χ1) is 13.4. The van der Waals surface area contributed by atoms with E-state index in [-0.39, 0.29) is 11.3 Å². The van der Waals surface area contributed by atoms with E-state index >= 15 is 0 Å². The Hall–Kier alpha value is -2.56. The molecule has 148 valence electrons. The largest absolute Gasteiger partial charge is 0.455 e. The molecule has 0 radical (unpaired) electrons. The fourth-order valence-electron chi connectivity index (χ4n) is 4.30. The summed E-state index contributed by atoms with van der Waals surface area (Å²) in [6, 6.07) is 9.94. The lowest BCUT2D eigenvalue weighted by Crippen LogP contribution is -2.35. The molecule has 1 aromatic carbocycles. The lowest BCUT2D eigenvalue weighted by Gasteiger charge is -2.29. The summed E-state index contributed by atoms with van der Waals surface area (Å²) in [4.78, 5) is 15.0. The highest BCUT2D eigenvalue weighted by atomic mass is 16.4. The average molecular weight is 380 g/mol. The van der Waals surface area contributed by atoms with Gasteiger partial charge in [-0.1, -0.05) is 32.0 Å². The molecule has 4 rings (SSSR count). The predicted octanol–water partition coefficient (Wildman–Crippen LogP) is 5.00. The number of anilines is 1. The van der Waals surface area contributed by atoms with Gasteiger partial charge in [0.1, 0.15) is 5.76 Å². The van der Waals surface area contributed by atoms with E-state index in [2.05, 4.69) is 19.3 Å². The molecule has 1 fully saturated rings. The summed E-state index contributed by atoms with van der Waals surface area (Å²) >= 11 is 0. The standard InChI is InChI=1S/C23H29N3O2/c1-16-20-18(25-24-17-10-6-4-7-11-17)14-23(2,3)15-19(20)28-21(16)22(27)26-12-8-5-9-13-26/h4,6-7,10-11,24H,5,8-9,12-15H2,1-3H3/b25-18-. The van der Waals surface area contributed by atoms with Gasteiger partial charge in [-0.15, -0.1) is 0 Å². The number of piperidine rings is 1. The third-order valence-corrected chi connectivity index (χ3v) is 5.72. The number of hydrogen-bond acceptors (Lipinski definition) is 4. The monoisotopic (exact) mass is 379 g/mol. The second kappa shape index (κ2) is 7.46. The van der Waals surface area contributed by atoms with Gasteiger partial charge in [0.25, 0.3) is 5.91 Å². The number of nitrogens with one attached hydrogen (secondary N) is 1. The van der Waals surface area contributed by atoms with Crippen LogP contribution in [0.5, 0.6) is 0 Å². The summed E-state index contributed by atoms with van der Waals surface area (Å²) in [6.07, 6.45) is 5.02. The Bertz CT molecular complexity index is 890. The summed E-state index contributed by atoms with van der Waals surface area (Å²) in [5.74, 6) is 1.42. The normalized spacial score (nSPS) is 20.1. The molecule has 0 bridgehead atoms. The highest BCUT2D eigenvalue weighted by molar-refractivity contribution is 6.07. The molecule has 1 amide bonds. The van der Waals surface area contributed by atoms with Crippen LogP contribution in [0.3, 0.4) is 0 Å². The number of fused-ring (bicyclic) bond motifs is 1. The van der Waals surface area contributed by atoms with Crippen LogP contribution < -0.4 is 5.43 Å². The zero-order valence-corrected chi connectivity index (χ0v) is 17.0. The predicted molar refractivity (Wildman–Crippen MR) is 112 cm³/mol. The molecule has 5 nitrogen and oxygen atoms in total. The summed E-state index contributed by atoms with van der Waals surface area (Å²) in [7, 11) is 0. The number of carbonyl (C=O) groups is 1. The minimum absolute atomic E-state index is 0.0276. The van der Waals surface area contributed by atoms with Gasteiger partial charge in [-0.25, -0.2) is 0 Å². The van der Waals surface area contributed by atoms with E-state index in [0.29, 0.717) is 5.76 Å². The zero-order valence-electron chi connectivity index (χ0n) is 17.0. The third-order valence-electron chi connectivity index (χ3n) is 5.72. The van der Waals surface area contributed by atoms with Crippen molar-refractivity contribution in [2.24, 2.45) is 10.5 Å². The molecular formula is C23H29N3O2. The van der Waals surface area contributed by atoms with Crippen LogP contribution in [-0.2, 0) is 6.42 Å². The van der Waals surface area contributed by atoms with Gasteiger partial charge in [-0.2, -0.15) is 5.10 Å². The Balaban J connectivity index is 1.68. The molecule has 1 saturated heterocycles. The van der Waals surface area contributed by atoms with E-state index in [0.717, 1.165) is 67.1 Å². The first kappa shape index (κ1) is 18.8. The summed E-state index contributed by atoms with van der Waals surface area (Å²) in [6.45, 7) is 8.09. The van der Waals surface area contributed by atoms with Crippen LogP contribution in [0.1, 0.15) is 67.0 Å². The molecule has 5 heteroatoms. The van der Waals surface area contributed by atoms with Crippen LogP contribution in [-0.4, -0.2) is 29.6 Å². The molecule has 0 saturated carbocycles. The molecule has 0 atom stereocenters. The minimum atomic E-state index is 0.0276. The Morgan fingerprint density at radius 2 is 1.82 bits per heavy atom. The second-order valence-corrected chi connectivity index (χ2v) is 8.76. The van der Waals surface area contributed by atoms with Crippen molar-refractivity contribution in [1.29, 1.82) is 0 Å². The van der Waals surface area contributed by atoms with Crippen LogP contribution in [0.25, 0.3) is 0 Å². The fourth-order valence-corrected chi connectivity index (χ4v) is 4.30. The first-order valence-electron chi connectivity index (χ1n) is 10.2. The minimum Gasteiger partial charge on any atom is -0.455 e. The van der Waals surface area contributed by atoms with Gasteiger partial charge in [0.2, 0.25) is 0 Å². The van der Waals surface area contributed by atoms with Crippen LogP contribution in [0, 0.1) is 12.3 Å². The smallest absolute Gasteiger partial charge is 0.289 e. The zero-order chi connectivity index (χ0) is 19.7. The Morgan fingerprint density at radius 3 is 2.54 bits per heavy atom. The Morgan fingerprint density at radius 1 is 1.11 bits per heavy atom. The van der Waals surface area contributed by atoms with Gasteiger partial charge in [-0.3, -0.25) is 10.2 Å². The van der Waals surface area contributed by atoms with Crippen molar-refractivity contribution in [2.45, 2.75) is 52.9 Å². The van der Waals surface area contributed by atoms with Crippen molar-refractivity contribution in [3.8, 4) is 0 Å². The molecule has 2 aromatic rings. The van der Waals surface area contributed by atoms with E-state index in [1.54, 1.807) is 0 Å². The molecule has 1 aromatic heterocycles. The van der Waals surface area contributed by atoms with Crippen molar-refractivity contribution in [3.63, 3.8) is 0 Å². The molecule has 2 heterocycles. The lowest BCUT2D eigenvalue weighted by molar-refractivity contribution is 0.0688. The number of likely N-dealkylation sites (tertiary alicyclic amines) is 1. The number of furan rings is 1. The van der Waals surface area contributed by atoms with Crippen LogP contribution in [0.2, 0.25) is 0 Å². The van der Waals surface area contributed by atoms with Crippen molar-refractivity contribution >= 4 is 17.3 Å². The van der Waals surface area contributed by atoms with E-state index < -0.39 is 0 Å². The molecule has 2 aliphatic rings. The van der Waals surface area contributed by atoms with Gasteiger partial charge >= 0.3 is 0 Å². The number of carbonyl (C=O) groups excluding carboxylic acids is 1. The second-order valence-electron chi connectivity index (χ2n) is 8.76. The molecule has 1 aliphatic heterocycles. The van der Waals surface area contributed by atoms with Crippen LogP contribution >= 0.6 is 0 Å². The van der Waals surface area contributed by atoms with Gasteiger partial charge in [0.15, 0.2) is 5.76 Å². The van der Waals surface area contributed by atoms with Crippen LogP contribution in [0.15, 0.2) is 39.9 Å². The van der Waals surface area contributed by atoms with E-state index in [4.69, 9.17) is 9.52 Å². The molecule has 0 unspecified atom stereocenters. The number of amides is 1. The number of hydrazone groups is 1. The Kier molecular flexibility index (Phi) is 5.00. The Labute approximate surface area is 166 Å². The van der Waals surface area contributed by atoms with Gasteiger partial charge in [-0.05, 0) is 50.2 Å². The topological polar surface area (TPSA) is 57.8 Å². The van der Waals surface area contributed by atoms with Crippen molar-refractivity contribution in [2.75, 3.05) is 18.5 Å². The highest BCUT2D eigenvalue weighted by Crippen LogP contribution is 2.39. The molecule has 1 N–H and O–H groups in total. The maximum absolute atomic E-state index is 13.1. The van der Waals surface area contributed by atoms with Crippen molar-refractivity contribution in [3.05, 3.63) is 53.0 Å². The molecule has 28 heavy (non-hydrogen) atoms. The molecule has 1 aliphatic carbocycles. The summed E-state index contributed by atoms with van der Waals surface area (Å²) < 4.78 is 6.17. The lowest BCUT2D eigenvalue weighted by atomic mass is 9.75.